The van der Waals surface area contributed by atoms with Gasteiger partial charge in [0.25, 0.3) is 0 Å². The number of hydrogen-bond acceptors (Lipinski definition) is 3. The molecule has 4 nitrogen and oxygen atoms in total. The van der Waals surface area contributed by atoms with Crippen LogP contribution in [0.3, 0.4) is 0 Å². The summed E-state index contributed by atoms with van der Waals surface area (Å²) in [7, 11) is 2.02. The third-order valence-corrected chi connectivity index (χ3v) is 5.75. The molecular formula is C27H18N3O+. The number of aryl methyl sites for hydroxylation is 2. The van der Waals surface area contributed by atoms with Crippen molar-refractivity contribution in [1.82, 2.24) is 0 Å². The molecule has 0 radical (unpaired) electrons. The number of rotatable bonds is 2. The Bertz CT molecular complexity index is 1560. The van der Waals surface area contributed by atoms with Gasteiger partial charge in [0.05, 0.1) is 28.8 Å². The van der Waals surface area contributed by atoms with E-state index < -0.39 is 0 Å². The van der Waals surface area contributed by atoms with Crippen LogP contribution in [-0.2, 0) is 7.05 Å². The number of fused-ring (bicyclic) bond motifs is 3. The predicted octanol–water partition coefficient (Wildman–Crippen LogP) is 5.80. The summed E-state index contributed by atoms with van der Waals surface area (Å²) < 4.78 is 8.61. The van der Waals surface area contributed by atoms with Crippen LogP contribution in [0.5, 0.6) is 0 Å². The van der Waals surface area contributed by atoms with E-state index in [0.29, 0.717) is 16.7 Å². The van der Waals surface area contributed by atoms with Gasteiger partial charge in [-0.3, -0.25) is 0 Å². The Morgan fingerprint density at radius 2 is 1.48 bits per heavy atom. The second-order valence-electron chi connectivity index (χ2n) is 7.60. The molecule has 0 saturated heterocycles. The van der Waals surface area contributed by atoms with Gasteiger partial charge in [-0.2, -0.15) is 10.5 Å². The maximum absolute atomic E-state index is 9.78. The van der Waals surface area contributed by atoms with Crippen LogP contribution >= 0.6 is 0 Å². The van der Waals surface area contributed by atoms with Crippen LogP contribution in [0.25, 0.3) is 44.3 Å². The van der Waals surface area contributed by atoms with Gasteiger partial charge in [-0.05, 0) is 48.4 Å². The van der Waals surface area contributed by atoms with Crippen LogP contribution in [-0.4, -0.2) is 0 Å². The Balaban J connectivity index is 1.89. The van der Waals surface area contributed by atoms with Gasteiger partial charge in [-0.25, -0.2) is 4.57 Å². The summed E-state index contributed by atoms with van der Waals surface area (Å²) in [5, 5.41) is 20.9. The Kier molecular flexibility index (Phi) is 4.28. The minimum atomic E-state index is 0.541. The third kappa shape index (κ3) is 2.86. The predicted molar refractivity (Wildman–Crippen MR) is 120 cm³/mol. The van der Waals surface area contributed by atoms with Gasteiger partial charge < -0.3 is 4.42 Å². The summed E-state index contributed by atoms with van der Waals surface area (Å²) in [5.74, 6) is 0. The van der Waals surface area contributed by atoms with Gasteiger partial charge in [-0.15, -0.1) is 0 Å². The molecule has 4 heteroatoms. The van der Waals surface area contributed by atoms with Crippen LogP contribution in [0.1, 0.15) is 16.7 Å². The van der Waals surface area contributed by atoms with Crippen LogP contribution in [0.4, 0.5) is 0 Å². The highest BCUT2D eigenvalue weighted by Gasteiger charge is 2.22. The summed E-state index contributed by atoms with van der Waals surface area (Å²) in [6, 6.07) is 25.8. The number of hydrogen-bond donors (Lipinski definition) is 0. The first kappa shape index (κ1) is 18.6. The summed E-state index contributed by atoms with van der Waals surface area (Å²) >= 11 is 0. The Morgan fingerprint density at radius 1 is 0.774 bits per heavy atom. The molecule has 5 aromatic rings. The Labute approximate surface area is 179 Å². The van der Waals surface area contributed by atoms with Gasteiger partial charge in [0, 0.05) is 28.5 Å². The molecular weight excluding hydrogens is 382 g/mol. The summed E-state index contributed by atoms with van der Waals surface area (Å²) in [6.45, 7) is 2.08. The zero-order chi connectivity index (χ0) is 21.5. The van der Waals surface area contributed by atoms with Crippen molar-refractivity contribution in [3.63, 3.8) is 0 Å². The maximum atomic E-state index is 9.78. The molecule has 0 aliphatic rings. The van der Waals surface area contributed by atoms with Crippen molar-refractivity contribution in [3.8, 4) is 34.5 Å². The lowest BCUT2D eigenvalue weighted by Crippen LogP contribution is -2.30. The number of aromatic nitrogens is 1. The zero-order valence-electron chi connectivity index (χ0n) is 17.2. The highest BCUT2D eigenvalue weighted by Crippen LogP contribution is 2.41. The van der Waals surface area contributed by atoms with E-state index in [9.17, 15) is 5.26 Å². The number of nitrogens with zero attached hydrogens (tertiary/aromatic N) is 3. The van der Waals surface area contributed by atoms with E-state index in [0.717, 1.165) is 44.3 Å². The lowest BCUT2D eigenvalue weighted by Gasteiger charge is -2.05. The van der Waals surface area contributed by atoms with E-state index in [-0.39, 0.29) is 0 Å². The SMILES string of the molecule is Cc1ccc2c(oc3c(-c4ccc(C#N)cc4)c(C#N)ccc32)c1-c1cccc[n+]1C. The molecule has 0 aliphatic heterocycles. The first-order valence-electron chi connectivity index (χ1n) is 9.97. The molecule has 2 aromatic heterocycles. The van der Waals surface area contributed by atoms with Crippen LogP contribution in [0.15, 0.2) is 77.3 Å². The average Bonchev–Trinajstić information content (AvgIpc) is 3.17. The van der Waals surface area contributed by atoms with Gasteiger partial charge in [0.2, 0.25) is 5.69 Å². The van der Waals surface area contributed by atoms with Crippen molar-refractivity contribution in [3.05, 3.63) is 89.6 Å². The summed E-state index contributed by atoms with van der Waals surface area (Å²) in [6.07, 6.45) is 2.02. The van der Waals surface area contributed by atoms with E-state index in [1.807, 2.05) is 49.6 Å². The molecule has 5 rings (SSSR count). The largest absolute Gasteiger partial charge is 0.454 e. The topological polar surface area (TPSA) is 64.6 Å². The minimum absolute atomic E-state index is 0.541. The first-order valence-corrected chi connectivity index (χ1v) is 9.97. The maximum Gasteiger partial charge on any atom is 0.216 e. The number of furan rings is 1. The fraction of sp³-hybridized carbons (Fsp3) is 0.0741. The van der Waals surface area contributed by atoms with E-state index in [1.165, 1.54) is 0 Å². The molecule has 31 heavy (non-hydrogen) atoms. The average molecular weight is 400 g/mol. The van der Waals surface area contributed by atoms with Crippen molar-refractivity contribution in [2.75, 3.05) is 0 Å². The smallest absolute Gasteiger partial charge is 0.216 e. The Hall–Kier alpha value is -4.41. The van der Waals surface area contributed by atoms with E-state index in [4.69, 9.17) is 9.68 Å². The van der Waals surface area contributed by atoms with E-state index in [1.54, 1.807) is 12.1 Å². The fourth-order valence-corrected chi connectivity index (χ4v) is 4.19. The fourth-order valence-electron chi connectivity index (χ4n) is 4.19. The van der Waals surface area contributed by atoms with Crippen LogP contribution < -0.4 is 4.57 Å². The lowest BCUT2D eigenvalue weighted by molar-refractivity contribution is -0.660. The molecule has 0 saturated carbocycles. The summed E-state index contributed by atoms with van der Waals surface area (Å²) in [4.78, 5) is 0. The molecule has 0 aliphatic carbocycles. The molecule has 0 unspecified atom stereocenters. The van der Waals surface area contributed by atoms with Crippen LogP contribution in [0.2, 0.25) is 0 Å². The molecule has 2 heterocycles. The molecule has 0 fully saturated rings. The normalized spacial score (nSPS) is 10.8. The van der Waals surface area contributed by atoms with Gasteiger partial charge in [-0.1, -0.05) is 24.3 Å². The van der Waals surface area contributed by atoms with Crippen molar-refractivity contribution < 1.29 is 8.98 Å². The molecule has 0 N–H and O–H groups in total. The first-order chi connectivity index (χ1) is 15.1. The minimum Gasteiger partial charge on any atom is -0.454 e. The number of pyridine rings is 1. The summed E-state index contributed by atoms with van der Waals surface area (Å²) in [5.41, 5.74) is 7.43. The van der Waals surface area contributed by atoms with Gasteiger partial charge in [0.1, 0.15) is 18.2 Å². The second-order valence-corrected chi connectivity index (χ2v) is 7.60. The van der Waals surface area contributed by atoms with Crippen molar-refractivity contribution in [2.45, 2.75) is 6.92 Å². The molecule has 0 atom stereocenters. The highest BCUT2D eigenvalue weighted by atomic mass is 16.3. The monoisotopic (exact) mass is 400 g/mol. The van der Waals surface area contributed by atoms with Gasteiger partial charge >= 0.3 is 0 Å². The van der Waals surface area contributed by atoms with E-state index in [2.05, 4.69) is 41.8 Å². The quantitative estimate of drug-likeness (QED) is 0.352. The van der Waals surface area contributed by atoms with E-state index >= 15 is 0 Å². The molecule has 0 spiro atoms. The highest BCUT2D eigenvalue weighted by molar-refractivity contribution is 6.13. The van der Waals surface area contributed by atoms with Crippen molar-refractivity contribution in [2.24, 2.45) is 7.05 Å². The number of nitriles is 2. The standard InChI is InChI=1S/C27H18N3O/c1-17-6-12-21-22-13-11-20(16-29)25(19-9-7-18(15-28)8-10-19)27(22)31-26(21)24(17)23-5-3-4-14-30(23)2/h3-14H,1-2H3/q+1. The van der Waals surface area contributed by atoms with Crippen molar-refractivity contribution >= 4 is 21.9 Å². The zero-order valence-corrected chi connectivity index (χ0v) is 17.2. The molecule has 0 amide bonds. The second kappa shape index (κ2) is 7.13. The van der Waals surface area contributed by atoms with Crippen molar-refractivity contribution in [1.29, 1.82) is 10.5 Å². The number of benzene rings is 3. The van der Waals surface area contributed by atoms with Crippen LogP contribution in [0, 0.1) is 29.6 Å². The van der Waals surface area contributed by atoms with Gasteiger partial charge in [0.15, 0.2) is 6.20 Å². The lowest BCUT2D eigenvalue weighted by atomic mass is 9.95. The Morgan fingerprint density at radius 3 is 2.16 bits per heavy atom. The molecule has 146 valence electrons. The third-order valence-electron chi connectivity index (χ3n) is 5.75. The molecule has 3 aromatic carbocycles. The molecule has 0 bridgehead atoms.